The van der Waals surface area contributed by atoms with Gasteiger partial charge in [-0.1, -0.05) is 36.4 Å². The summed E-state index contributed by atoms with van der Waals surface area (Å²) in [7, 11) is 0. The number of carbonyl (C=O) groups excluding carboxylic acids is 1. The molecular formula is C13H10O2. The molecule has 0 fully saturated rings. The van der Waals surface area contributed by atoms with Gasteiger partial charge in [0.25, 0.3) is 0 Å². The van der Waals surface area contributed by atoms with Gasteiger partial charge in [-0.05, 0) is 17.4 Å². The molecule has 0 atom stereocenters. The minimum absolute atomic E-state index is 0.126. The van der Waals surface area contributed by atoms with Crippen molar-refractivity contribution in [3.63, 3.8) is 0 Å². The van der Waals surface area contributed by atoms with E-state index in [1.165, 1.54) is 0 Å². The smallest absolute Gasteiger partial charge is 0.311 e. The summed E-state index contributed by atoms with van der Waals surface area (Å²) in [6.45, 7) is 0. The highest BCUT2D eigenvalue weighted by Gasteiger charge is 2.18. The van der Waals surface area contributed by atoms with Gasteiger partial charge < -0.3 is 4.74 Å². The van der Waals surface area contributed by atoms with Crippen LogP contribution in [0.4, 0.5) is 0 Å². The maximum absolute atomic E-state index is 11.2. The lowest BCUT2D eigenvalue weighted by molar-refractivity contribution is -0.135. The number of ether oxygens (including phenoxy) is 1. The maximum atomic E-state index is 11.2. The zero-order valence-corrected chi connectivity index (χ0v) is 8.19. The largest absolute Gasteiger partial charge is 0.426 e. The van der Waals surface area contributed by atoms with Crippen LogP contribution in [0.3, 0.4) is 0 Å². The minimum atomic E-state index is -0.126. The van der Waals surface area contributed by atoms with E-state index in [4.69, 9.17) is 4.74 Å². The number of hydrogen-bond acceptors (Lipinski definition) is 2. The second kappa shape index (κ2) is 3.09. The third-order valence-corrected chi connectivity index (χ3v) is 2.78. The fourth-order valence-electron chi connectivity index (χ4n) is 2.01. The molecule has 2 aromatic carbocycles. The third-order valence-electron chi connectivity index (χ3n) is 2.78. The molecule has 0 amide bonds. The van der Waals surface area contributed by atoms with Gasteiger partial charge >= 0.3 is 5.97 Å². The number of hydrogen-bond donors (Lipinski definition) is 0. The van der Waals surface area contributed by atoms with E-state index in [0.29, 0.717) is 6.42 Å². The molecule has 2 nitrogen and oxygen atoms in total. The zero-order chi connectivity index (χ0) is 10.3. The lowest BCUT2D eigenvalue weighted by atomic mass is 10.0. The van der Waals surface area contributed by atoms with Gasteiger partial charge in [0.15, 0.2) is 0 Å². The molecular weight excluding hydrogens is 188 g/mol. The van der Waals surface area contributed by atoms with Crippen molar-refractivity contribution in [2.75, 3.05) is 0 Å². The van der Waals surface area contributed by atoms with E-state index in [9.17, 15) is 4.79 Å². The van der Waals surface area contributed by atoms with Crippen LogP contribution >= 0.6 is 0 Å². The van der Waals surface area contributed by atoms with Crippen molar-refractivity contribution in [2.45, 2.75) is 12.8 Å². The summed E-state index contributed by atoms with van der Waals surface area (Å²) in [6, 6.07) is 12.1. The Bertz CT molecular complexity index is 543. The van der Waals surface area contributed by atoms with Gasteiger partial charge in [-0.2, -0.15) is 0 Å². The fourth-order valence-corrected chi connectivity index (χ4v) is 2.01. The van der Waals surface area contributed by atoms with E-state index in [1.54, 1.807) is 0 Å². The minimum Gasteiger partial charge on any atom is -0.426 e. The molecule has 0 saturated carbocycles. The standard InChI is InChI=1S/C13H10O2/c14-12-8-7-10-6-5-9-3-1-2-4-11(9)13(10)15-12/h1-6H,7-8H2. The molecule has 2 heteroatoms. The second-order valence-corrected chi connectivity index (χ2v) is 3.75. The highest BCUT2D eigenvalue weighted by atomic mass is 16.5. The van der Waals surface area contributed by atoms with E-state index in [0.717, 1.165) is 28.5 Å². The number of esters is 1. The van der Waals surface area contributed by atoms with Crippen molar-refractivity contribution in [3.8, 4) is 5.75 Å². The molecule has 15 heavy (non-hydrogen) atoms. The Kier molecular flexibility index (Phi) is 1.75. The average Bonchev–Trinajstić information content (AvgIpc) is 2.29. The van der Waals surface area contributed by atoms with Gasteiger partial charge in [0, 0.05) is 5.39 Å². The first kappa shape index (κ1) is 8.48. The maximum Gasteiger partial charge on any atom is 0.311 e. The zero-order valence-electron chi connectivity index (χ0n) is 8.19. The van der Waals surface area contributed by atoms with Crippen LogP contribution in [0.25, 0.3) is 10.8 Å². The fraction of sp³-hybridized carbons (Fsp3) is 0.154. The Morgan fingerprint density at radius 2 is 1.87 bits per heavy atom. The molecule has 3 rings (SSSR count). The molecule has 0 radical (unpaired) electrons. The normalized spacial score (nSPS) is 14.8. The van der Waals surface area contributed by atoms with Crippen molar-refractivity contribution >= 4 is 16.7 Å². The molecule has 2 aromatic rings. The molecule has 1 aliphatic heterocycles. The Morgan fingerprint density at radius 1 is 1.00 bits per heavy atom. The number of fused-ring (bicyclic) bond motifs is 3. The Balaban J connectivity index is 2.32. The van der Waals surface area contributed by atoms with Crippen LogP contribution < -0.4 is 4.74 Å². The lowest BCUT2D eigenvalue weighted by Crippen LogP contribution is -2.15. The molecule has 0 saturated heterocycles. The van der Waals surface area contributed by atoms with Crippen LogP contribution in [0.1, 0.15) is 12.0 Å². The van der Waals surface area contributed by atoms with Crippen LogP contribution in [0.2, 0.25) is 0 Å². The Morgan fingerprint density at radius 3 is 2.80 bits per heavy atom. The highest BCUT2D eigenvalue weighted by Crippen LogP contribution is 2.33. The van der Waals surface area contributed by atoms with Gasteiger partial charge in [0.1, 0.15) is 5.75 Å². The lowest BCUT2D eigenvalue weighted by Gasteiger charge is -2.17. The summed E-state index contributed by atoms with van der Waals surface area (Å²) in [5, 5.41) is 2.15. The first-order chi connectivity index (χ1) is 7.34. The van der Waals surface area contributed by atoms with E-state index in [-0.39, 0.29) is 5.97 Å². The third kappa shape index (κ3) is 1.30. The van der Waals surface area contributed by atoms with Crippen LogP contribution in [-0.2, 0) is 11.2 Å². The highest BCUT2D eigenvalue weighted by molar-refractivity contribution is 5.92. The molecule has 0 aromatic heterocycles. The SMILES string of the molecule is O=C1CCc2ccc3ccccc3c2O1. The Labute approximate surface area is 87.5 Å². The summed E-state index contributed by atoms with van der Waals surface area (Å²) >= 11 is 0. The molecule has 0 N–H and O–H groups in total. The molecule has 74 valence electrons. The van der Waals surface area contributed by atoms with E-state index < -0.39 is 0 Å². The molecule has 0 aliphatic carbocycles. The van der Waals surface area contributed by atoms with Crippen molar-refractivity contribution in [3.05, 3.63) is 42.0 Å². The number of carbonyl (C=O) groups is 1. The topological polar surface area (TPSA) is 26.3 Å². The van der Waals surface area contributed by atoms with E-state index in [1.807, 2.05) is 30.3 Å². The Hall–Kier alpha value is -1.83. The monoisotopic (exact) mass is 198 g/mol. The van der Waals surface area contributed by atoms with E-state index in [2.05, 4.69) is 6.07 Å². The molecule has 0 spiro atoms. The summed E-state index contributed by atoms with van der Waals surface area (Å²) in [5.41, 5.74) is 1.13. The van der Waals surface area contributed by atoms with Crippen molar-refractivity contribution < 1.29 is 9.53 Å². The molecule has 0 bridgehead atoms. The van der Waals surface area contributed by atoms with Crippen molar-refractivity contribution in [2.24, 2.45) is 0 Å². The quantitative estimate of drug-likeness (QED) is 0.480. The van der Waals surface area contributed by atoms with Gasteiger partial charge in [-0.25, -0.2) is 0 Å². The van der Waals surface area contributed by atoms with Gasteiger partial charge in [-0.15, -0.1) is 0 Å². The molecule has 1 heterocycles. The predicted molar refractivity (Wildman–Crippen MR) is 57.9 cm³/mol. The summed E-state index contributed by atoms with van der Waals surface area (Å²) < 4.78 is 5.31. The molecule has 1 aliphatic rings. The number of benzene rings is 2. The van der Waals surface area contributed by atoms with E-state index >= 15 is 0 Å². The van der Waals surface area contributed by atoms with Crippen LogP contribution in [0, 0.1) is 0 Å². The van der Waals surface area contributed by atoms with Gasteiger partial charge in [0.2, 0.25) is 0 Å². The first-order valence-electron chi connectivity index (χ1n) is 5.06. The average molecular weight is 198 g/mol. The first-order valence-corrected chi connectivity index (χ1v) is 5.06. The van der Waals surface area contributed by atoms with Crippen LogP contribution in [-0.4, -0.2) is 5.97 Å². The summed E-state index contributed by atoms with van der Waals surface area (Å²) in [6.07, 6.45) is 1.28. The number of rotatable bonds is 0. The van der Waals surface area contributed by atoms with Crippen LogP contribution in [0.15, 0.2) is 36.4 Å². The van der Waals surface area contributed by atoms with Crippen LogP contribution in [0.5, 0.6) is 5.75 Å². The number of aryl methyl sites for hydroxylation is 1. The summed E-state index contributed by atoms with van der Waals surface area (Å²) in [5.74, 6) is 0.628. The predicted octanol–water partition coefficient (Wildman–Crippen LogP) is 2.69. The van der Waals surface area contributed by atoms with Crippen molar-refractivity contribution in [1.82, 2.24) is 0 Å². The molecule has 0 unspecified atom stereocenters. The summed E-state index contributed by atoms with van der Waals surface area (Å²) in [4.78, 5) is 11.2. The van der Waals surface area contributed by atoms with Gasteiger partial charge in [0.05, 0.1) is 6.42 Å². The second-order valence-electron chi connectivity index (χ2n) is 3.75. The van der Waals surface area contributed by atoms with Crippen molar-refractivity contribution in [1.29, 1.82) is 0 Å². The van der Waals surface area contributed by atoms with Gasteiger partial charge in [-0.3, -0.25) is 4.79 Å².